The summed E-state index contributed by atoms with van der Waals surface area (Å²) < 4.78 is 58.6. The van der Waals surface area contributed by atoms with Crippen molar-refractivity contribution in [2.75, 3.05) is 0 Å². The Morgan fingerprint density at radius 3 is 1.00 bits per heavy atom. The molecule has 0 saturated carbocycles. The smallest absolute Gasteiger partial charge is 0.0610 e. The van der Waals surface area contributed by atoms with Crippen molar-refractivity contribution in [1.29, 1.82) is 0 Å². The molecule has 0 bridgehead atoms. The molecule has 0 spiro atoms. The van der Waals surface area contributed by atoms with Crippen molar-refractivity contribution < 1.29 is 8.22 Å². The van der Waals surface area contributed by atoms with Gasteiger partial charge in [0.15, 0.2) is 0 Å². The molecule has 3 aromatic rings. The number of hydrogen-bond acceptors (Lipinski definition) is 0. The highest BCUT2D eigenvalue weighted by molar-refractivity contribution is 5.81. The molecule has 3 aromatic carbocycles. The lowest BCUT2D eigenvalue weighted by Gasteiger charge is -2.64. The van der Waals surface area contributed by atoms with E-state index in [1.54, 1.807) is 0 Å². The van der Waals surface area contributed by atoms with Gasteiger partial charge in [-0.2, -0.15) is 0 Å². The minimum atomic E-state index is -0.536. The zero-order valence-corrected chi connectivity index (χ0v) is 32.7. The molecule has 46 heavy (non-hydrogen) atoms. The summed E-state index contributed by atoms with van der Waals surface area (Å²) in [5.41, 5.74) is 2.85. The highest BCUT2D eigenvalue weighted by Crippen LogP contribution is 2.67. The molecule has 0 heteroatoms. The first kappa shape index (κ1) is 27.6. The highest BCUT2D eigenvalue weighted by Gasteiger charge is 2.61. The first-order valence-electron chi connectivity index (χ1n) is 20.5. The van der Waals surface area contributed by atoms with Crippen LogP contribution >= 0.6 is 0 Å². The van der Waals surface area contributed by atoms with Crippen LogP contribution in [0.2, 0.25) is 0 Å². The molecular weight excluding hydrogens is 553 g/mol. The maximum atomic E-state index is 10.0. The van der Waals surface area contributed by atoms with Crippen molar-refractivity contribution in [2.24, 2.45) is 21.7 Å². The van der Waals surface area contributed by atoms with Crippen LogP contribution in [0.1, 0.15) is 168 Å². The molecule has 5 rings (SSSR count). The predicted molar refractivity (Wildman–Crippen MR) is 203 cm³/mol. The lowest BCUT2D eigenvalue weighted by Crippen LogP contribution is -2.59. The van der Waals surface area contributed by atoms with Gasteiger partial charge in [0, 0.05) is 0 Å². The van der Waals surface area contributed by atoms with Crippen LogP contribution in [0.5, 0.6) is 0 Å². The highest BCUT2D eigenvalue weighted by atomic mass is 14.7. The van der Waals surface area contributed by atoms with Crippen molar-refractivity contribution in [3.05, 3.63) is 82.3 Å². The molecule has 0 N–H and O–H groups in total. The second-order valence-corrected chi connectivity index (χ2v) is 20.0. The lowest BCUT2D eigenvalue weighted by atomic mass is 9.40. The third kappa shape index (κ3) is 4.10. The zero-order valence-electron chi connectivity index (χ0n) is 38.7. The van der Waals surface area contributed by atoms with Gasteiger partial charge in [0.2, 0.25) is 0 Å². The summed E-state index contributed by atoms with van der Waals surface area (Å²) in [7, 11) is 0. The molecule has 0 atom stereocenters. The van der Waals surface area contributed by atoms with Gasteiger partial charge in [-0.25, -0.2) is 0 Å². The summed E-state index contributed by atoms with van der Waals surface area (Å²) in [5.74, 6) is 0. The number of benzene rings is 3. The van der Waals surface area contributed by atoms with Crippen LogP contribution in [0.25, 0.3) is 22.3 Å². The fourth-order valence-corrected chi connectivity index (χ4v) is 9.11. The van der Waals surface area contributed by atoms with Crippen LogP contribution in [0.15, 0.2) is 54.5 Å². The SMILES string of the molecule is [2H]c1c([2H])c2c(c([2H])c1-c1cccc(-c3c([2H])c([2H])c4c(c3[2H])C(C)(C)C(C)(C)C(C)(C)C4(C)C)c1C(C)(C)C)C(C)(C)C(C)(C)C(C)(C)C2(C)C. The van der Waals surface area contributed by atoms with E-state index < -0.39 is 27.1 Å². The van der Waals surface area contributed by atoms with Gasteiger partial charge in [0.25, 0.3) is 0 Å². The molecule has 0 radical (unpaired) electrons. The summed E-state index contributed by atoms with van der Waals surface area (Å²) in [5, 5.41) is 0. The van der Waals surface area contributed by atoms with Crippen molar-refractivity contribution in [1.82, 2.24) is 0 Å². The Hall–Kier alpha value is -2.34. The molecular formula is C46H66. The van der Waals surface area contributed by atoms with Crippen molar-refractivity contribution in [3.8, 4) is 22.3 Å². The quantitative estimate of drug-likeness (QED) is 0.266. The van der Waals surface area contributed by atoms with E-state index in [9.17, 15) is 8.22 Å². The molecule has 0 aliphatic heterocycles. The second-order valence-electron chi connectivity index (χ2n) is 20.0. The van der Waals surface area contributed by atoms with E-state index in [4.69, 9.17) is 0 Å². The van der Waals surface area contributed by atoms with E-state index in [0.29, 0.717) is 22.3 Å². The van der Waals surface area contributed by atoms with E-state index >= 15 is 0 Å². The Bertz CT molecular complexity index is 1890. The topological polar surface area (TPSA) is 0 Å². The maximum absolute atomic E-state index is 10.0. The molecule has 0 unspecified atom stereocenters. The number of rotatable bonds is 2. The molecule has 0 heterocycles. The van der Waals surface area contributed by atoms with Crippen LogP contribution in [-0.2, 0) is 27.1 Å². The van der Waals surface area contributed by atoms with Crippen LogP contribution in [0, 0.1) is 21.7 Å². The molecule has 0 aromatic heterocycles. The Morgan fingerprint density at radius 2 is 0.717 bits per heavy atom. The van der Waals surface area contributed by atoms with Crippen LogP contribution in [0.3, 0.4) is 0 Å². The van der Waals surface area contributed by atoms with Crippen LogP contribution < -0.4 is 0 Å². The van der Waals surface area contributed by atoms with E-state index in [-0.39, 0.29) is 57.9 Å². The van der Waals surface area contributed by atoms with Gasteiger partial charge in [0.05, 0.1) is 8.22 Å². The van der Waals surface area contributed by atoms with E-state index in [2.05, 4.69) is 132 Å². The van der Waals surface area contributed by atoms with Gasteiger partial charge >= 0.3 is 0 Å². The number of fused-ring (bicyclic) bond motifs is 2. The summed E-state index contributed by atoms with van der Waals surface area (Å²) in [4.78, 5) is 0. The van der Waals surface area contributed by atoms with E-state index in [0.717, 1.165) is 27.8 Å². The summed E-state index contributed by atoms with van der Waals surface area (Å²) in [6, 6.07) is 6.84. The van der Waals surface area contributed by atoms with E-state index in [1.165, 1.54) is 0 Å². The minimum Gasteiger partial charge on any atom is -0.0610 e. The third-order valence-electron chi connectivity index (χ3n) is 15.9. The molecule has 0 amide bonds. The van der Waals surface area contributed by atoms with Gasteiger partial charge < -0.3 is 0 Å². The number of hydrogen-bond donors (Lipinski definition) is 0. The molecule has 0 fully saturated rings. The average molecular weight is 625 g/mol. The van der Waals surface area contributed by atoms with Crippen LogP contribution in [-0.4, -0.2) is 0 Å². The lowest BCUT2D eigenvalue weighted by molar-refractivity contribution is -0.0441. The minimum absolute atomic E-state index is 0.0430. The normalized spacial score (nSPS) is 25.9. The van der Waals surface area contributed by atoms with Gasteiger partial charge in [-0.1, -0.05) is 186 Å². The Labute approximate surface area is 292 Å². The monoisotopic (exact) mass is 625 g/mol. The second kappa shape index (κ2) is 9.64. The predicted octanol–water partition coefficient (Wildman–Crippen LogP) is 13.6. The molecule has 250 valence electrons. The molecule has 2 aliphatic rings. The molecule has 0 saturated heterocycles. The van der Waals surface area contributed by atoms with Gasteiger partial charge in [-0.05, 0) is 98.8 Å². The summed E-state index contributed by atoms with van der Waals surface area (Å²) in [6.45, 7) is 42.0. The van der Waals surface area contributed by atoms with Gasteiger partial charge in [-0.15, -0.1) is 0 Å². The third-order valence-corrected chi connectivity index (χ3v) is 15.9. The Balaban J connectivity index is 1.98. The maximum Gasteiger partial charge on any atom is 0.0632 e. The van der Waals surface area contributed by atoms with Crippen molar-refractivity contribution in [3.63, 3.8) is 0 Å². The first-order chi connectivity index (χ1) is 23.1. The Morgan fingerprint density at radius 1 is 0.435 bits per heavy atom. The largest absolute Gasteiger partial charge is 0.0632 e. The van der Waals surface area contributed by atoms with Crippen molar-refractivity contribution >= 4 is 0 Å². The Kier molecular flexibility index (Phi) is 5.78. The van der Waals surface area contributed by atoms with Gasteiger partial charge in [0.1, 0.15) is 0 Å². The van der Waals surface area contributed by atoms with E-state index in [1.807, 2.05) is 18.2 Å². The fraction of sp³-hybridized carbons (Fsp3) is 0.609. The molecule has 0 nitrogen and oxygen atoms in total. The fourth-order valence-electron chi connectivity index (χ4n) is 9.11. The summed E-state index contributed by atoms with van der Waals surface area (Å²) in [6.07, 6.45) is 0. The standard InChI is InChI=1S/C46H66/c1-38(2,3)37-31(29-23-25-33-35(27-29)41(8,9)45(16,17)43(12,13)39(33,4)5)21-20-22-32(37)30-24-26-34-36(28-30)42(10,11)46(18,19)44(14,15)40(34,6)7/h20-28H,1-19H3/i23D,24D,25D,26D,27D,28D. The van der Waals surface area contributed by atoms with Crippen molar-refractivity contribution in [2.45, 2.75) is 159 Å². The zero-order chi connectivity index (χ0) is 40.3. The summed E-state index contributed by atoms with van der Waals surface area (Å²) >= 11 is 0. The molecule has 2 aliphatic carbocycles. The first-order valence-corrected chi connectivity index (χ1v) is 17.5. The van der Waals surface area contributed by atoms with Gasteiger partial charge in [-0.3, -0.25) is 0 Å². The average Bonchev–Trinajstić information content (AvgIpc) is 2.98. The van der Waals surface area contributed by atoms with Crippen LogP contribution in [0.4, 0.5) is 0 Å².